The van der Waals surface area contributed by atoms with Gasteiger partial charge in [0.05, 0.1) is 5.92 Å². The second kappa shape index (κ2) is 12.2. The summed E-state index contributed by atoms with van der Waals surface area (Å²) in [6, 6.07) is 16.3. The Balaban J connectivity index is 1.43. The van der Waals surface area contributed by atoms with Crippen LogP contribution in [0.2, 0.25) is 0 Å². The summed E-state index contributed by atoms with van der Waals surface area (Å²) in [6.45, 7) is 4.80. The molecule has 2 aromatic carbocycles. The lowest BCUT2D eigenvalue weighted by molar-refractivity contribution is -0.137. The van der Waals surface area contributed by atoms with Gasteiger partial charge in [0.2, 0.25) is 5.91 Å². The molecule has 7 heteroatoms. The van der Waals surface area contributed by atoms with Gasteiger partial charge in [0, 0.05) is 25.4 Å². The molecule has 0 aliphatic heterocycles. The van der Waals surface area contributed by atoms with Crippen molar-refractivity contribution in [2.75, 3.05) is 19.7 Å². The first-order chi connectivity index (χ1) is 16.4. The molecule has 0 fully saturated rings. The molecule has 182 valence electrons. The van der Waals surface area contributed by atoms with Crippen LogP contribution in [0, 0.1) is 11.8 Å². The normalized spacial score (nSPS) is 13.9. The molecule has 1 aliphatic rings. The summed E-state index contributed by atoms with van der Waals surface area (Å²) in [5.74, 6) is -1.06. The lowest BCUT2D eigenvalue weighted by Gasteiger charge is -2.18. The van der Waals surface area contributed by atoms with Gasteiger partial charge in [-0.15, -0.1) is 0 Å². The van der Waals surface area contributed by atoms with Crippen molar-refractivity contribution in [2.45, 2.75) is 45.4 Å². The molecule has 0 radical (unpaired) electrons. The van der Waals surface area contributed by atoms with Crippen molar-refractivity contribution in [1.29, 1.82) is 0 Å². The summed E-state index contributed by atoms with van der Waals surface area (Å²) in [5.41, 5.74) is 4.65. The number of rotatable bonds is 12. The second-order valence-corrected chi connectivity index (χ2v) is 8.93. The third-order valence-electron chi connectivity index (χ3n) is 6.49. The van der Waals surface area contributed by atoms with E-state index < -0.39 is 12.1 Å². The van der Waals surface area contributed by atoms with Crippen molar-refractivity contribution < 1.29 is 24.2 Å². The summed E-state index contributed by atoms with van der Waals surface area (Å²) in [4.78, 5) is 35.5. The van der Waals surface area contributed by atoms with Crippen LogP contribution in [0.1, 0.15) is 56.6 Å². The zero-order valence-electron chi connectivity index (χ0n) is 19.9. The first-order valence-electron chi connectivity index (χ1n) is 12.0. The smallest absolute Gasteiger partial charge is 0.407 e. The van der Waals surface area contributed by atoms with Crippen molar-refractivity contribution in [2.24, 2.45) is 11.8 Å². The quantitative estimate of drug-likeness (QED) is 0.425. The number of hydrogen-bond donors (Lipinski definition) is 3. The average Bonchev–Trinajstić information content (AvgIpc) is 3.15. The molecule has 0 heterocycles. The molecule has 2 amide bonds. The molecule has 2 aromatic rings. The standard InChI is InChI=1S/C27H34N2O5/c1-3-19(26(32)28-15-14-18(2)12-13-25(30)31)16-29-27(33)34-17-24-22-10-6-4-8-20(22)21-9-5-7-11-23(21)24/h4-11,18-19,24H,3,12-17H2,1-2H3,(H,28,32)(H,29,33)(H,30,31). The van der Waals surface area contributed by atoms with E-state index in [1.54, 1.807) is 0 Å². The Morgan fingerprint density at radius 1 is 0.971 bits per heavy atom. The van der Waals surface area contributed by atoms with Gasteiger partial charge in [-0.25, -0.2) is 4.79 Å². The predicted molar refractivity (Wildman–Crippen MR) is 131 cm³/mol. The lowest BCUT2D eigenvalue weighted by atomic mass is 9.98. The van der Waals surface area contributed by atoms with E-state index in [1.807, 2.05) is 38.1 Å². The topological polar surface area (TPSA) is 105 Å². The van der Waals surface area contributed by atoms with Gasteiger partial charge >= 0.3 is 12.1 Å². The average molecular weight is 467 g/mol. The van der Waals surface area contributed by atoms with Crippen LogP contribution in [0.15, 0.2) is 48.5 Å². The number of nitrogens with one attached hydrogen (secondary N) is 2. The van der Waals surface area contributed by atoms with Gasteiger partial charge in [0.1, 0.15) is 6.61 Å². The minimum absolute atomic E-state index is 0.00784. The van der Waals surface area contributed by atoms with E-state index in [2.05, 4.69) is 34.9 Å². The van der Waals surface area contributed by atoms with Crippen LogP contribution in [0.25, 0.3) is 11.1 Å². The maximum atomic E-state index is 12.5. The number of hydrogen-bond acceptors (Lipinski definition) is 4. The highest BCUT2D eigenvalue weighted by molar-refractivity contribution is 5.80. The van der Waals surface area contributed by atoms with Gasteiger partial charge < -0.3 is 20.5 Å². The molecule has 7 nitrogen and oxygen atoms in total. The first kappa shape index (κ1) is 25.3. The third kappa shape index (κ3) is 6.59. The fourth-order valence-electron chi connectivity index (χ4n) is 4.38. The van der Waals surface area contributed by atoms with Gasteiger partial charge in [-0.3, -0.25) is 9.59 Å². The van der Waals surface area contributed by atoms with E-state index in [4.69, 9.17) is 9.84 Å². The fraction of sp³-hybridized carbons (Fsp3) is 0.444. The zero-order valence-corrected chi connectivity index (χ0v) is 19.9. The van der Waals surface area contributed by atoms with Crippen molar-refractivity contribution in [3.8, 4) is 11.1 Å². The number of carboxylic acids is 1. The van der Waals surface area contributed by atoms with Crippen molar-refractivity contribution >= 4 is 18.0 Å². The highest BCUT2D eigenvalue weighted by Crippen LogP contribution is 2.44. The molecular weight excluding hydrogens is 432 g/mol. The Morgan fingerprint density at radius 2 is 1.59 bits per heavy atom. The molecular formula is C27H34N2O5. The Morgan fingerprint density at radius 3 is 2.18 bits per heavy atom. The highest BCUT2D eigenvalue weighted by atomic mass is 16.5. The van der Waals surface area contributed by atoms with Crippen molar-refractivity contribution in [3.05, 3.63) is 59.7 Å². The Kier molecular flexibility index (Phi) is 9.08. The Hall–Kier alpha value is -3.35. The maximum absolute atomic E-state index is 12.5. The number of aliphatic carboxylic acids is 1. The third-order valence-corrected chi connectivity index (χ3v) is 6.49. The number of benzene rings is 2. The first-order valence-corrected chi connectivity index (χ1v) is 12.0. The number of amides is 2. The number of fused-ring (bicyclic) bond motifs is 3. The lowest BCUT2D eigenvalue weighted by Crippen LogP contribution is -2.39. The van der Waals surface area contributed by atoms with E-state index >= 15 is 0 Å². The summed E-state index contributed by atoms with van der Waals surface area (Å²) < 4.78 is 5.54. The van der Waals surface area contributed by atoms with E-state index in [1.165, 1.54) is 11.1 Å². The van der Waals surface area contributed by atoms with Gasteiger partial charge in [-0.05, 0) is 47.4 Å². The van der Waals surface area contributed by atoms with E-state index in [0.717, 1.165) is 17.5 Å². The number of carboxylic acid groups (broad SMARTS) is 1. The monoisotopic (exact) mass is 466 g/mol. The van der Waals surface area contributed by atoms with Gasteiger partial charge in [0.25, 0.3) is 0 Å². The van der Waals surface area contributed by atoms with Gasteiger partial charge in [0.15, 0.2) is 0 Å². The van der Waals surface area contributed by atoms with Gasteiger partial charge in [-0.2, -0.15) is 0 Å². The van der Waals surface area contributed by atoms with Crippen LogP contribution in [0.5, 0.6) is 0 Å². The largest absolute Gasteiger partial charge is 0.481 e. The van der Waals surface area contributed by atoms with Crippen LogP contribution < -0.4 is 10.6 Å². The Bertz CT molecular complexity index is 961. The number of carbonyl (C=O) groups excluding carboxylic acids is 2. The number of alkyl carbamates (subject to hydrolysis) is 1. The number of carbonyl (C=O) groups is 3. The fourth-order valence-corrected chi connectivity index (χ4v) is 4.38. The van der Waals surface area contributed by atoms with E-state index in [0.29, 0.717) is 19.4 Å². The molecule has 3 rings (SSSR count). The molecule has 2 atom stereocenters. The van der Waals surface area contributed by atoms with Crippen LogP contribution >= 0.6 is 0 Å². The minimum atomic E-state index is -0.804. The predicted octanol–water partition coefficient (Wildman–Crippen LogP) is 4.56. The summed E-state index contributed by atoms with van der Waals surface area (Å²) >= 11 is 0. The molecule has 0 spiro atoms. The summed E-state index contributed by atoms with van der Waals surface area (Å²) in [6.07, 6.45) is 1.50. The van der Waals surface area contributed by atoms with E-state index in [9.17, 15) is 14.4 Å². The van der Waals surface area contributed by atoms with Crippen LogP contribution in [-0.2, 0) is 14.3 Å². The summed E-state index contributed by atoms with van der Waals surface area (Å²) in [7, 11) is 0. The second-order valence-electron chi connectivity index (χ2n) is 8.93. The highest BCUT2D eigenvalue weighted by Gasteiger charge is 2.29. The summed E-state index contributed by atoms with van der Waals surface area (Å²) in [5, 5.41) is 14.4. The Labute approximate surface area is 200 Å². The van der Waals surface area contributed by atoms with Crippen LogP contribution in [-0.4, -0.2) is 42.8 Å². The van der Waals surface area contributed by atoms with Gasteiger partial charge in [-0.1, -0.05) is 62.4 Å². The molecule has 2 unspecified atom stereocenters. The van der Waals surface area contributed by atoms with Crippen molar-refractivity contribution in [3.63, 3.8) is 0 Å². The molecule has 1 aliphatic carbocycles. The molecule has 0 bridgehead atoms. The molecule has 0 saturated carbocycles. The number of ether oxygens (including phenoxy) is 1. The molecule has 0 aromatic heterocycles. The molecule has 34 heavy (non-hydrogen) atoms. The van der Waals surface area contributed by atoms with E-state index in [-0.39, 0.29) is 43.2 Å². The minimum Gasteiger partial charge on any atom is -0.481 e. The maximum Gasteiger partial charge on any atom is 0.407 e. The molecule has 3 N–H and O–H groups in total. The van der Waals surface area contributed by atoms with Crippen molar-refractivity contribution in [1.82, 2.24) is 10.6 Å². The SMILES string of the molecule is CCC(CNC(=O)OCC1c2ccccc2-c2ccccc21)C(=O)NCCC(C)CCC(=O)O. The van der Waals surface area contributed by atoms with Crippen LogP contribution in [0.3, 0.4) is 0 Å². The zero-order chi connectivity index (χ0) is 24.5. The molecule has 0 saturated heterocycles. The van der Waals surface area contributed by atoms with Crippen LogP contribution in [0.4, 0.5) is 4.79 Å².